The van der Waals surface area contributed by atoms with Crippen molar-refractivity contribution in [2.24, 2.45) is 5.10 Å². The van der Waals surface area contributed by atoms with E-state index in [4.69, 9.17) is 13.9 Å². The van der Waals surface area contributed by atoms with Crippen molar-refractivity contribution in [3.8, 4) is 23.0 Å². The van der Waals surface area contributed by atoms with E-state index in [0.29, 0.717) is 23.6 Å². The Morgan fingerprint density at radius 3 is 2.47 bits per heavy atom. The molecule has 34 heavy (non-hydrogen) atoms. The van der Waals surface area contributed by atoms with Gasteiger partial charge in [-0.2, -0.15) is 5.10 Å². The average molecular weight is 457 g/mol. The standard InChI is InChI=1S/C25H23N5O4/c1-17(19-12-14-20(32-2)15-13-19)27-29-24(31)26-25-30-28-23(34-25)21-10-6-7-11-22(21)33-16-18-8-4-3-5-9-18/h3-15H,16H2,1-2H3,(H2,26,29,30,31)/b27-17+. The Morgan fingerprint density at radius 2 is 1.71 bits per heavy atom. The number of amides is 2. The number of hydrazone groups is 1. The number of urea groups is 1. The van der Waals surface area contributed by atoms with E-state index in [-0.39, 0.29) is 11.9 Å². The van der Waals surface area contributed by atoms with Crippen molar-refractivity contribution in [3.63, 3.8) is 0 Å². The van der Waals surface area contributed by atoms with Gasteiger partial charge in [0.1, 0.15) is 18.1 Å². The van der Waals surface area contributed by atoms with Crippen LogP contribution in [0.5, 0.6) is 11.5 Å². The van der Waals surface area contributed by atoms with Crippen LogP contribution in [0.15, 0.2) is 88.4 Å². The quantitative estimate of drug-likeness (QED) is 0.288. The molecular weight excluding hydrogens is 434 g/mol. The van der Waals surface area contributed by atoms with E-state index >= 15 is 0 Å². The van der Waals surface area contributed by atoms with E-state index < -0.39 is 6.03 Å². The number of benzene rings is 3. The Labute approximate surface area is 196 Å². The minimum atomic E-state index is -0.614. The number of para-hydroxylation sites is 1. The van der Waals surface area contributed by atoms with Crippen LogP contribution in [0.4, 0.5) is 10.8 Å². The fourth-order valence-corrected chi connectivity index (χ4v) is 3.04. The maximum absolute atomic E-state index is 12.2. The molecule has 1 heterocycles. The Balaban J connectivity index is 1.38. The summed E-state index contributed by atoms with van der Waals surface area (Å²) < 4.78 is 16.7. The Bertz CT molecular complexity index is 1270. The summed E-state index contributed by atoms with van der Waals surface area (Å²) in [6.45, 7) is 2.17. The highest BCUT2D eigenvalue weighted by atomic mass is 16.5. The molecule has 0 spiro atoms. The molecule has 4 aromatic rings. The third kappa shape index (κ3) is 5.77. The number of hydrogen-bond acceptors (Lipinski definition) is 7. The lowest BCUT2D eigenvalue weighted by molar-refractivity contribution is 0.252. The molecule has 3 aromatic carbocycles. The summed E-state index contributed by atoms with van der Waals surface area (Å²) in [6, 6.07) is 23.8. The largest absolute Gasteiger partial charge is 0.497 e. The number of nitrogens with zero attached hydrogens (tertiary/aromatic N) is 3. The van der Waals surface area contributed by atoms with Crippen molar-refractivity contribution < 1.29 is 18.7 Å². The molecule has 0 aliphatic rings. The molecule has 2 N–H and O–H groups in total. The summed E-state index contributed by atoms with van der Waals surface area (Å²) in [5.41, 5.74) is 5.52. The van der Waals surface area contributed by atoms with Gasteiger partial charge in [-0.25, -0.2) is 10.2 Å². The van der Waals surface area contributed by atoms with Crippen molar-refractivity contribution in [1.82, 2.24) is 15.6 Å². The molecule has 0 saturated heterocycles. The summed E-state index contributed by atoms with van der Waals surface area (Å²) in [5.74, 6) is 1.55. The predicted octanol–water partition coefficient (Wildman–Crippen LogP) is 4.87. The number of carbonyl (C=O) groups excluding carboxylic acids is 1. The van der Waals surface area contributed by atoms with Crippen LogP contribution in [0, 0.1) is 0 Å². The first-order chi connectivity index (χ1) is 16.6. The maximum atomic E-state index is 12.2. The Morgan fingerprint density at radius 1 is 0.971 bits per heavy atom. The van der Waals surface area contributed by atoms with Crippen LogP contribution in [-0.2, 0) is 6.61 Å². The number of ether oxygens (including phenoxy) is 2. The molecule has 2 amide bonds. The number of rotatable bonds is 8. The molecule has 0 saturated carbocycles. The lowest BCUT2D eigenvalue weighted by atomic mass is 10.1. The molecule has 1 aromatic heterocycles. The Hall–Kier alpha value is -4.66. The van der Waals surface area contributed by atoms with Gasteiger partial charge < -0.3 is 13.9 Å². The Kier molecular flexibility index (Phi) is 7.14. The first-order valence-corrected chi connectivity index (χ1v) is 10.5. The first-order valence-electron chi connectivity index (χ1n) is 10.5. The molecule has 0 bridgehead atoms. The van der Waals surface area contributed by atoms with Gasteiger partial charge in [0.05, 0.1) is 18.4 Å². The molecule has 0 unspecified atom stereocenters. The average Bonchev–Trinajstić information content (AvgIpc) is 3.35. The van der Waals surface area contributed by atoms with Crippen molar-refractivity contribution in [1.29, 1.82) is 0 Å². The molecule has 9 nitrogen and oxygen atoms in total. The number of hydrogen-bond donors (Lipinski definition) is 2. The van der Waals surface area contributed by atoms with Crippen LogP contribution in [0.1, 0.15) is 18.1 Å². The van der Waals surface area contributed by atoms with Crippen LogP contribution in [-0.4, -0.2) is 29.0 Å². The highest BCUT2D eigenvalue weighted by molar-refractivity contribution is 5.99. The van der Waals surface area contributed by atoms with Gasteiger partial charge in [0.25, 0.3) is 5.89 Å². The number of aromatic nitrogens is 2. The van der Waals surface area contributed by atoms with Crippen molar-refractivity contribution in [2.45, 2.75) is 13.5 Å². The van der Waals surface area contributed by atoms with Gasteiger partial charge in [-0.1, -0.05) is 47.6 Å². The second kappa shape index (κ2) is 10.8. The molecule has 172 valence electrons. The molecule has 0 radical (unpaired) electrons. The summed E-state index contributed by atoms with van der Waals surface area (Å²) in [5, 5.41) is 14.5. The predicted molar refractivity (Wildman–Crippen MR) is 128 cm³/mol. The van der Waals surface area contributed by atoms with Crippen LogP contribution in [0.2, 0.25) is 0 Å². The van der Waals surface area contributed by atoms with Crippen molar-refractivity contribution >= 4 is 17.8 Å². The zero-order chi connectivity index (χ0) is 23.8. The molecule has 0 fully saturated rings. The van der Waals surface area contributed by atoms with E-state index in [1.807, 2.05) is 72.8 Å². The van der Waals surface area contributed by atoms with E-state index in [9.17, 15) is 4.79 Å². The summed E-state index contributed by atoms with van der Waals surface area (Å²) in [7, 11) is 1.60. The minimum absolute atomic E-state index is 0.0670. The van der Waals surface area contributed by atoms with Gasteiger partial charge in [0, 0.05) is 0 Å². The summed E-state index contributed by atoms with van der Waals surface area (Å²) in [6.07, 6.45) is 0. The molecule has 0 aliphatic carbocycles. The topological polar surface area (TPSA) is 111 Å². The van der Waals surface area contributed by atoms with Gasteiger partial charge in [-0.05, 0) is 54.4 Å². The summed E-state index contributed by atoms with van der Waals surface area (Å²) >= 11 is 0. The maximum Gasteiger partial charge on any atom is 0.343 e. The van der Waals surface area contributed by atoms with E-state index in [0.717, 1.165) is 16.9 Å². The SMILES string of the molecule is COc1ccc(/C(C)=N/NC(=O)Nc2nnc(-c3ccccc3OCc3ccccc3)o2)cc1. The highest BCUT2D eigenvalue weighted by Gasteiger charge is 2.15. The van der Waals surface area contributed by atoms with Crippen LogP contribution in [0.25, 0.3) is 11.5 Å². The van der Waals surface area contributed by atoms with Crippen LogP contribution >= 0.6 is 0 Å². The van der Waals surface area contributed by atoms with Crippen LogP contribution < -0.4 is 20.2 Å². The lowest BCUT2D eigenvalue weighted by Crippen LogP contribution is -2.25. The first kappa shape index (κ1) is 22.5. The fourth-order valence-electron chi connectivity index (χ4n) is 3.04. The second-order valence-corrected chi connectivity index (χ2v) is 7.17. The van der Waals surface area contributed by atoms with E-state index in [1.54, 1.807) is 20.1 Å². The molecular formula is C25H23N5O4. The lowest BCUT2D eigenvalue weighted by Gasteiger charge is -2.09. The third-order valence-electron chi connectivity index (χ3n) is 4.83. The number of carbonyl (C=O) groups is 1. The van der Waals surface area contributed by atoms with Gasteiger partial charge in [-0.3, -0.25) is 5.32 Å². The van der Waals surface area contributed by atoms with Gasteiger partial charge in [0.15, 0.2) is 0 Å². The monoisotopic (exact) mass is 457 g/mol. The van der Waals surface area contributed by atoms with Crippen molar-refractivity contribution in [2.75, 3.05) is 12.4 Å². The van der Waals surface area contributed by atoms with Gasteiger partial charge in [0.2, 0.25) is 0 Å². The van der Waals surface area contributed by atoms with Gasteiger partial charge >= 0.3 is 12.0 Å². The number of methoxy groups -OCH3 is 1. The molecule has 0 atom stereocenters. The minimum Gasteiger partial charge on any atom is -0.497 e. The zero-order valence-electron chi connectivity index (χ0n) is 18.7. The normalized spacial score (nSPS) is 11.1. The smallest absolute Gasteiger partial charge is 0.343 e. The zero-order valence-corrected chi connectivity index (χ0v) is 18.7. The fraction of sp³-hybridized carbons (Fsp3) is 0.120. The number of nitrogens with one attached hydrogen (secondary N) is 2. The third-order valence-corrected chi connectivity index (χ3v) is 4.83. The summed E-state index contributed by atoms with van der Waals surface area (Å²) in [4.78, 5) is 12.2. The molecule has 0 aliphatic heterocycles. The molecule has 4 rings (SSSR count). The highest BCUT2D eigenvalue weighted by Crippen LogP contribution is 2.30. The molecule has 9 heteroatoms. The second-order valence-electron chi connectivity index (χ2n) is 7.17. The van der Waals surface area contributed by atoms with Crippen molar-refractivity contribution in [3.05, 3.63) is 90.0 Å². The van der Waals surface area contributed by atoms with E-state index in [2.05, 4.69) is 26.0 Å². The van der Waals surface area contributed by atoms with E-state index in [1.165, 1.54) is 0 Å². The van der Waals surface area contributed by atoms with Crippen LogP contribution in [0.3, 0.4) is 0 Å². The van der Waals surface area contributed by atoms with Gasteiger partial charge in [-0.15, -0.1) is 5.10 Å². The number of anilines is 1.